The van der Waals surface area contributed by atoms with Gasteiger partial charge in [-0.05, 0) is 67.5 Å². The third kappa shape index (κ3) is 3.67. The van der Waals surface area contributed by atoms with Gasteiger partial charge in [0.25, 0.3) is 0 Å². The molecule has 1 amide bonds. The van der Waals surface area contributed by atoms with Crippen LogP contribution in [0.5, 0.6) is 0 Å². The summed E-state index contributed by atoms with van der Waals surface area (Å²) in [5.74, 6) is 0.320. The Morgan fingerprint density at radius 1 is 1.07 bits per heavy atom. The number of hydrogen-bond donors (Lipinski definition) is 2. The molecule has 2 aliphatic rings. The number of anilines is 1. The molecule has 1 aliphatic heterocycles. The fourth-order valence-electron chi connectivity index (χ4n) is 4.35. The number of aryl methyl sites for hydroxylation is 1. The molecule has 4 nitrogen and oxygen atoms in total. The van der Waals surface area contributed by atoms with Crippen LogP contribution in [0.25, 0.3) is 0 Å². The second-order valence-electron chi connectivity index (χ2n) is 7.66. The molecule has 2 aromatic carbocycles. The van der Waals surface area contributed by atoms with Gasteiger partial charge in [-0.2, -0.15) is 0 Å². The molecule has 1 heterocycles. The average Bonchev–Trinajstić information content (AvgIpc) is 2.67. The van der Waals surface area contributed by atoms with E-state index in [4.69, 9.17) is 0 Å². The zero-order chi connectivity index (χ0) is 18.8. The van der Waals surface area contributed by atoms with Crippen molar-refractivity contribution in [3.05, 3.63) is 64.2 Å². The van der Waals surface area contributed by atoms with Gasteiger partial charge in [0.1, 0.15) is 0 Å². The highest BCUT2D eigenvalue weighted by atomic mass is 16.1. The first-order chi connectivity index (χ1) is 13.1. The molecule has 1 aliphatic carbocycles. The van der Waals surface area contributed by atoms with Crippen LogP contribution < -0.4 is 10.6 Å². The van der Waals surface area contributed by atoms with Gasteiger partial charge in [-0.25, -0.2) is 0 Å². The van der Waals surface area contributed by atoms with Gasteiger partial charge < -0.3 is 10.6 Å². The first-order valence-corrected chi connectivity index (χ1v) is 9.87. The molecule has 140 valence electrons. The number of ketones is 1. The van der Waals surface area contributed by atoms with Gasteiger partial charge in [-0.15, -0.1) is 0 Å². The topological polar surface area (TPSA) is 58.2 Å². The summed E-state index contributed by atoms with van der Waals surface area (Å²) >= 11 is 0. The highest BCUT2D eigenvalue weighted by molar-refractivity contribution is 6.05. The Kier molecular flexibility index (Phi) is 5.08. The van der Waals surface area contributed by atoms with E-state index in [9.17, 15) is 9.59 Å². The number of hydrogen-bond acceptors (Lipinski definition) is 3. The van der Waals surface area contributed by atoms with Gasteiger partial charge in [0.2, 0.25) is 5.91 Å². The van der Waals surface area contributed by atoms with Crippen molar-refractivity contribution in [3.63, 3.8) is 0 Å². The second-order valence-corrected chi connectivity index (χ2v) is 7.66. The SMILES string of the molecule is Cc1cc2c(c3c1CCC(CNCCc1ccccc1)C3=O)CCC(=O)N2. The van der Waals surface area contributed by atoms with Crippen molar-refractivity contribution in [1.82, 2.24) is 5.32 Å². The molecular formula is C23H26N2O2. The smallest absolute Gasteiger partial charge is 0.224 e. The molecule has 1 unspecified atom stereocenters. The minimum absolute atomic E-state index is 0.0248. The standard InChI is InChI=1S/C23H26N2O2/c1-15-13-20-19(9-10-21(26)25-20)22-18(15)8-7-17(23(22)27)14-24-12-11-16-5-3-2-4-6-16/h2-6,13,17,24H,7-12,14H2,1H3,(H,25,26). The molecule has 0 radical (unpaired) electrons. The molecule has 1 atom stereocenters. The molecule has 0 saturated heterocycles. The lowest BCUT2D eigenvalue weighted by Crippen LogP contribution is -2.35. The molecule has 4 rings (SSSR count). The van der Waals surface area contributed by atoms with Crippen molar-refractivity contribution in [2.24, 2.45) is 5.92 Å². The quantitative estimate of drug-likeness (QED) is 0.801. The molecule has 4 heteroatoms. The van der Waals surface area contributed by atoms with Crippen molar-refractivity contribution in [1.29, 1.82) is 0 Å². The van der Waals surface area contributed by atoms with Crippen molar-refractivity contribution >= 4 is 17.4 Å². The predicted molar refractivity (Wildman–Crippen MR) is 107 cm³/mol. The van der Waals surface area contributed by atoms with Gasteiger partial charge in [-0.1, -0.05) is 30.3 Å². The van der Waals surface area contributed by atoms with Crippen LogP contribution in [-0.4, -0.2) is 24.8 Å². The van der Waals surface area contributed by atoms with E-state index in [2.05, 4.69) is 34.9 Å². The first-order valence-electron chi connectivity index (χ1n) is 9.87. The summed E-state index contributed by atoms with van der Waals surface area (Å²) < 4.78 is 0. The summed E-state index contributed by atoms with van der Waals surface area (Å²) in [6, 6.07) is 12.4. The summed E-state index contributed by atoms with van der Waals surface area (Å²) in [5.41, 5.74) is 6.41. The number of benzene rings is 2. The normalized spacial score (nSPS) is 18.6. The molecule has 0 bridgehead atoms. The Bertz CT molecular complexity index is 874. The van der Waals surface area contributed by atoms with Crippen LogP contribution in [0.15, 0.2) is 36.4 Å². The van der Waals surface area contributed by atoms with E-state index >= 15 is 0 Å². The molecule has 0 saturated carbocycles. The summed E-state index contributed by atoms with van der Waals surface area (Å²) in [5, 5.41) is 6.43. The van der Waals surface area contributed by atoms with Gasteiger partial charge in [0, 0.05) is 30.1 Å². The summed E-state index contributed by atoms with van der Waals surface area (Å²) in [7, 11) is 0. The number of fused-ring (bicyclic) bond motifs is 3. The Balaban J connectivity index is 1.45. The van der Waals surface area contributed by atoms with E-state index < -0.39 is 0 Å². The van der Waals surface area contributed by atoms with E-state index in [0.29, 0.717) is 12.8 Å². The number of amides is 1. The van der Waals surface area contributed by atoms with Gasteiger partial charge in [0.15, 0.2) is 5.78 Å². The Hall–Kier alpha value is -2.46. The van der Waals surface area contributed by atoms with Crippen LogP contribution in [0, 0.1) is 12.8 Å². The lowest BCUT2D eigenvalue weighted by Gasteiger charge is -2.30. The minimum atomic E-state index is 0.0248. The number of nitrogens with one attached hydrogen (secondary N) is 2. The zero-order valence-electron chi connectivity index (χ0n) is 15.8. The van der Waals surface area contributed by atoms with E-state index in [1.807, 2.05) is 19.1 Å². The highest BCUT2D eigenvalue weighted by Gasteiger charge is 2.33. The van der Waals surface area contributed by atoms with Crippen LogP contribution in [-0.2, 0) is 24.1 Å². The molecule has 2 aromatic rings. The molecule has 27 heavy (non-hydrogen) atoms. The fourth-order valence-corrected chi connectivity index (χ4v) is 4.35. The van der Waals surface area contributed by atoms with Crippen molar-refractivity contribution in [2.75, 3.05) is 18.4 Å². The maximum Gasteiger partial charge on any atom is 0.224 e. The lowest BCUT2D eigenvalue weighted by molar-refractivity contribution is -0.116. The van der Waals surface area contributed by atoms with Crippen LogP contribution in [0.3, 0.4) is 0 Å². The molecule has 0 aromatic heterocycles. The van der Waals surface area contributed by atoms with Crippen LogP contribution in [0.2, 0.25) is 0 Å². The Morgan fingerprint density at radius 2 is 1.89 bits per heavy atom. The van der Waals surface area contributed by atoms with Crippen LogP contribution in [0.4, 0.5) is 5.69 Å². The number of rotatable bonds is 5. The summed E-state index contributed by atoms with van der Waals surface area (Å²) in [6.45, 7) is 3.65. The maximum atomic E-state index is 13.2. The van der Waals surface area contributed by atoms with Gasteiger partial charge >= 0.3 is 0 Å². The minimum Gasteiger partial charge on any atom is -0.326 e. The third-order valence-corrected chi connectivity index (χ3v) is 5.83. The van der Waals surface area contributed by atoms with E-state index in [1.54, 1.807) is 0 Å². The predicted octanol–water partition coefficient (Wildman–Crippen LogP) is 3.46. The molecule has 2 N–H and O–H groups in total. The van der Waals surface area contributed by atoms with E-state index in [1.165, 1.54) is 11.1 Å². The van der Waals surface area contributed by atoms with Crippen molar-refractivity contribution in [2.45, 2.75) is 39.0 Å². The summed E-state index contributed by atoms with van der Waals surface area (Å²) in [6.07, 6.45) is 3.95. The van der Waals surface area contributed by atoms with E-state index in [0.717, 1.165) is 54.7 Å². The number of Topliss-reactive ketones (excluding diaryl/α,β-unsaturated/α-hetero) is 1. The Morgan fingerprint density at radius 3 is 2.70 bits per heavy atom. The zero-order valence-corrected chi connectivity index (χ0v) is 15.8. The maximum absolute atomic E-state index is 13.2. The van der Waals surface area contributed by atoms with Gasteiger partial charge in [-0.3, -0.25) is 9.59 Å². The monoisotopic (exact) mass is 362 g/mol. The average molecular weight is 362 g/mol. The van der Waals surface area contributed by atoms with E-state index in [-0.39, 0.29) is 17.6 Å². The first kappa shape index (κ1) is 17.9. The van der Waals surface area contributed by atoms with Crippen LogP contribution >= 0.6 is 0 Å². The Labute approximate surface area is 160 Å². The lowest BCUT2D eigenvalue weighted by atomic mass is 9.77. The number of carbonyl (C=O) groups excluding carboxylic acids is 2. The summed E-state index contributed by atoms with van der Waals surface area (Å²) in [4.78, 5) is 25.0. The highest BCUT2D eigenvalue weighted by Crippen LogP contribution is 2.36. The second kappa shape index (κ2) is 7.65. The van der Waals surface area contributed by atoms with Crippen molar-refractivity contribution < 1.29 is 9.59 Å². The van der Waals surface area contributed by atoms with Crippen molar-refractivity contribution in [3.8, 4) is 0 Å². The number of carbonyl (C=O) groups is 2. The fraction of sp³-hybridized carbons (Fsp3) is 0.391. The van der Waals surface area contributed by atoms with Gasteiger partial charge in [0.05, 0.1) is 0 Å². The molecule has 0 spiro atoms. The van der Waals surface area contributed by atoms with Crippen LogP contribution in [0.1, 0.15) is 45.5 Å². The molecule has 0 fully saturated rings. The largest absolute Gasteiger partial charge is 0.326 e. The third-order valence-electron chi connectivity index (χ3n) is 5.83. The molecular weight excluding hydrogens is 336 g/mol.